The number of rotatable bonds is 6. The zero-order chi connectivity index (χ0) is 14.5. The molecule has 0 aliphatic heterocycles. The average Bonchev–Trinajstić information content (AvgIpc) is 2.83. The van der Waals surface area contributed by atoms with Crippen molar-refractivity contribution in [1.29, 1.82) is 0 Å². The SMILES string of the molecule is CCCNC(Cc1nc(C)cs1)c1cccc(C)c1Br. The number of aromatic nitrogens is 1. The van der Waals surface area contributed by atoms with Crippen LogP contribution in [0.3, 0.4) is 0 Å². The van der Waals surface area contributed by atoms with Crippen molar-refractivity contribution in [1.82, 2.24) is 10.3 Å². The summed E-state index contributed by atoms with van der Waals surface area (Å²) in [7, 11) is 0. The maximum atomic E-state index is 4.60. The largest absolute Gasteiger partial charge is 0.310 e. The molecule has 0 fully saturated rings. The summed E-state index contributed by atoms with van der Waals surface area (Å²) in [5.74, 6) is 0. The Kier molecular flexibility index (Phi) is 5.75. The van der Waals surface area contributed by atoms with Gasteiger partial charge in [0.05, 0.1) is 5.01 Å². The van der Waals surface area contributed by atoms with Gasteiger partial charge in [-0.1, -0.05) is 41.1 Å². The van der Waals surface area contributed by atoms with Crippen molar-refractivity contribution >= 4 is 27.3 Å². The third kappa shape index (κ3) is 3.90. The van der Waals surface area contributed by atoms with Gasteiger partial charge < -0.3 is 5.32 Å². The van der Waals surface area contributed by atoms with Gasteiger partial charge in [-0.2, -0.15) is 0 Å². The minimum Gasteiger partial charge on any atom is -0.310 e. The summed E-state index contributed by atoms with van der Waals surface area (Å²) in [6.45, 7) is 7.41. The van der Waals surface area contributed by atoms with Gasteiger partial charge in [0, 0.05) is 28.0 Å². The quantitative estimate of drug-likeness (QED) is 0.806. The molecule has 4 heteroatoms. The van der Waals surface area contributed by atoms with E-state index in [2.05, 4.69) is 70.6 Å². The minimum absolute atomic E-state index is 0.315. The molecule has 2 aromatic rings. The smallest absolute Gasteiger partial charge is 0.0947 e. The first-order valence-corrected chi connectivity index (χ1v) is 8.68. The number of nitrogens with one attached hydrogen (secondary N) is 1. The lowest BCUT2D eigenvalue weighted by atomic mass is 10.0. The topological polar surface area (TPSA) is 24.9 Å². The maximum Gasteiger partial charge on any atom is 0.0947 e. The van der Waals surface area contributed by atoms with E-state index in [4.69, 9.17) is 0 Å². The van der Waals surface area contributed by atoms with E-state index in [9.17, 15) is 0 Å². The lowest BCUT2D eigenvalue weighted by Crippen LogP contribution is -2.24. The summed E-state index contributed by atoms with van der Waals surface area (Å²) >= 11 is 5.48. The van der Waals surface area contributed by atoms with E-state index in [0.717, 1.165) is 25.1 Å². The molecule has 2 nitrogen and oxygen atoms in total. The van der Waals surface area contributed by atoms with Gasteiger partial charge in [-0.15, -0.1) is 11.3 Å². The zero-order valence-electron chi connectivity index (χ0n) is 12.2. The van der Waals surface area contributed by atoms with Gasteiger partial charge in [0.2, 0.25) is 0 Å². The number of aryl methyl sites for hydroxylation is 2. The fourth-order valence-electron chi connectivity index (χ4n) is 2.22. The molecule has 20 heavy (non-hydrogen) atoms. The second-order valence-electron chi connectivity index (χ2n) is 5.07. The molecule has 108 valence electrons. The van der Waals surface area contributed by atoms with Crippen LogP contribution < -0.4 is 5.32 Å². The Morgan fingerprint density at radius 2 is 2.15 bits per heavy atom. The molecule has 0 spiro atoms. The maximum absolute atomic E-state index is 4.60. The van der Waals surface area contributed by atoms with Gasteiger partial charge in [-0.25, -0.2) is 4.98 Å². The lowest BCUT2D eigenvalue weighted by Gasteiger charge is -2.20. The van der Waals surface area contributed by atoms with E-state index in [1.165, 1.54) is 20.6 Å². The summed E-state index contributed by atoms with van der Waals surface area (Å²) < 4.78 is 1.21. The van der Waals surface area contributed by atoms with Crippen LogP contribution in [0.25, 0.3) is 0 Å². The molecule has 0 saturated carbocycles. The first kappa shape index (κ1) is 15.7. The van der Waals surface area contributed by atoms with Gasteiger partial charge in [0.25, 0.3) is 0 Å². The summed E-state index contributed by atoms with van der Waals surface area (Å²) in [6.07, 6.45) is 2.08. The summed E-state index contributed by atoms with van der Waals surface area (Å²) in [5.41, 5.74) is 3.72. The van der Waals surface area contributed by atoms with Gasteiger partial charge in [-0.05, 0) is 37.9 Å². The molecule has 1 heterocycles. The van der Waals surface area contributed by atoms with Crippen LogP contribution in [0.4, 0.5) is 0 Å². The van der Waals surface area contributed by atoms with Crippen molar-refractivity contribution in [2.24, 2.45) is 0 Å². The predicted molar refractivity (Wildman–Crippen MR) is 90.5 cm³/mol. The van der Waals surface area contributed by atoms with Crippen LogP contribution in [0.5, 0.6) is 0 Å². The molecule has 1 unspecified atom stereocenters. The Morgan fingerprint density at radius 3 is 2.80 bits per heavy atom. The normalized spacial score (nSPS) is 12.6. The van der Waals surface area contributed by atoms with Crippen LogP contribution in [0.15, 0.2) is 28.1 Å². The first-order chi connectivity index (χ1) is 9.61. The number of nitrogens with zero attached hydrogens (tertiary/aromatic N) is 1. The lowest BCUT2D eigenvalue weighted by molar-refractivity contribution is 0.526. The molecule has 0 bridgehead atoms. The Bertz CT molecular complexity index is 565. The first-order valence-electron chi connectivity index (χ1n) is 7.01. The third-order valence-electron chi connectivity index (χ3n) is 3.28. The number of hydrogen-bond donors (Lipinski definition) is 1. The monoisotopic (exact) mass is 352 g/mol. The summed E-state index contributed by atoms with van der Waals surface area (Å²) in [6, 6.07) is 6.78. The van der Waals surface area contributed by atoms with Crippen molar-refractivity contribution in [2.75, 3.05) is 6.54 Å². The highest BCUT2D eigenvalue weighted by molar-refractivity contribution is 9.10. The molecule has 1 aromatic heterocycles. The molecule has 1 atom stereocenters. The second kappa shape index (κ2) is 7.34. The van der Waals surface area contributed by atoms with Crippen molar-refractivity contribution in [2.45, 2.75) is 39.7 Å². The number of benzene rings is 1. The van der Waals surface area contributed by atoms with Gasteiger partial charge in [0.15, 0.2) is 0 Å². The molecule has 0 aliphatic carbocycles. The summed E-state index contributed by atoms with van der Waals surface area (Å²) in [4.78, 5) is 4.60. The highest BCUT2D eigenvalue weighted by Crippen LogP contribution is 2.29. The minimum atomic E-state index is 0.315. The molecule has 2 rings (SSSR count). The highest BCUT2D eigenvalue weighted by Gasteiger charge is 2.17. The van der Waals surface area contributed by atoms with E-state index in [1.54, 1.807) is 11.3 Å². The van der Waals surface area contributed by atoms with Crippen molar-refractivity contribution < 1.29 is 0 Å². The van der Waals surface area contributed by atoms with Crippen LogP contribution in [-0.4, -0.2) is 11.5 Å². The highest BCUT2D eigenvalue weighted by atomic mass is 79.9. The van der Waals surface area contributed by atoms with E-state index < -0.39 is 0 Å². The number of hydrogen-bond acceptors (Lipinski definition) is 3. The van der Waals surface area contributed by atoms with E-state index in [-0.39, 0.29) is 0 Å². The summed E-state index contributed by atoms with van der Waals surface area (Å²) in [5, 5.41) is 6.97. The number of thiazole rings is 1. The molecule has 1 aromatic carbocycles. The third-order valence-corrected chi connectivity index (χ3v) is 5.36. The molecule has 0 aliphatic rings. The van der Waals surface area contributed by atoms with E-state index in [0.29, 0.717) is 6.04 Å². The van der Waals surface area contributed by atoms with E-state index in [1.807, 2.05) is 0 Å². The van der Waals surface area contributed by atoms with Crippen LogP contribution in [0, 0.1) is 13.8 Å². The fraction of sp³-hybridized carbons (Fsp3) is 0.438. The zero-order valence-corrected chi connectivity index (χ0v) is 14.6. The van der Waals surface area contributed by atoms with Gasteiger partial charge >= 0.3 is 0 Å². The van der Waals surface area contributed by atoms with Crippen LogP contribution in [0.2, 0.25) is 0 Å². The van der Waals surface area contributed by atoms with Crippen LogP contribution >= 0.6 is 27.3 Å². The molecular weight excluding hydrogens is 332 g/mol. The van der Waals surface area contributed by atoms with Crippen LogP contribution in [0.1, 0.15) is 41.2 Å². The molecule has 0 saturated heterocycles. The predicted octanol–water partition coefficient (Wildman–Crippen LogP) is 4.81. The Hall–Kier alpha value is -0.710. The fourth-order valence-corrected chi connectivity index (χ4v) is 3.58. The van der Waals surface area contributed by atoms with Gasteiger partial charge in [-0.3, -0.25) is 0 Å². The molecular formula is C16H21BrN2S. The molecule has 0 radical (unpaired) electrons. The van der Waals surface area contributed by atoms with E-state index >= 15 is 0 Å². The standard InChI is InChI=1S/C16H21BrN2S/c1-4-8-18-14(9-15-19-12(3)10-20-15)13-7-5-6-11(2)16(13)17/h5-7,10,14,18H,4,8-9H2,1-3H3. The Morgan fingerprint density at radius 1 is 1.35 bits per heavy atom. The van der Waals surface area contributed by atoms with Crippen LogP contribution in [-0.2, 0) is 6.42 Å². The average molecular weight is 353 g/mol. The van der Waals surface area contributed by atoms with Crippen molar-refractivity contribution in [3.63, 3.8) is 0 Å². The molecule has 1 N–H and O–H groups in total. The Labute approximate surface area is 133 Å². The second-order valence-corrected chi connectivity index (χ2v) is 6.81. The molecule has 0 amide bonds. The van der Waals surface area contributed by atoms with Crippen molar-refractivity contribution in [3.8, 4) is 0 Å². The Balaban J connectivity index is 2.24. The van der Waals surface area contributed by atoms with Crippen molar-refractivity contribution in [3.05, 3.63) is 49.9 Å². The van der Waals surface area contributed by atoms with Gasteiger partial charge in [0.1, 0.15) is 0 Å². The number of halogens is 1.